The lowest BCUT2D eigenvalue weighted by Gasteiger charge is -2.22. The van der Waals surface area contributed by atoms with Crippen LogP contribution in [0.1, 0.15) is 25.5 Å². The van der Waals surface area contributed by atoms with Crippen LogP contribution < -0.4 is 11.1 Å². The van der Waals surface area contributed by atoms with Crippen LogP contribution in [0.25, 0.3) is 0 Å². The summed E-state index contributed by atoms with van der Waals surface area (Å²) in [6.07, 6.45) is 2.26. The Hall–Kier alpha value is -1.23. The summed E-state index contributed by atoms with van der Waals surface area (Å²) in [6, 6.07) is 0. The van der Waals surface area contributed by atoms with Gasteiger partial charge < -0.3 is 15.8 Å². The third-order valence-electron chi connectivity index (χ3n) is 3.37. The van der Waals surface area contributed by atoms with Gasteiger partial charge in [0.1, 0.15) is 5.82 Å². The Morgan fingerprint density at radius 3 is 2.82 bits per heavy atom. The highest BCUT2D eigenvalue weighted by molar-refractivity contribution is 5.64. The zero-order chi connectivity index (χ0) is 12.3. The number of ether oxygens (including phenoxy) is 1. The molecule has 0 spiro atoms. The van der Waals surface area contributed by atoms with E-state index in [9.17, 15) is 0 Å². The number of aromatic nitrogens is 2. The number of aryl methyl sites for hydroxylation is 2. The van der Waals surface area contributed by atoms with Gasteiger partial charge in [-0.25, -0.2) is 4.68 Å². The second-order valence-corrected chi connectivity index (χ2v) is 4.60. The van der Waals surface area contributed by atoms with Gasteiger partial charge in [-0.3, -0.25) is 0 Å². The van der Waals surface area contributed by atoms with Crippen molar-refractivity contribution in [2.75, 3.05) is 30.8 Å². The molecule has 1 saturated heterocycles. The highest BCUT2D eigenvalue weighted by atomic mass is 16.5. The molecule has 1 aliphatic heterocycles. The van der Waals surface area contributed by atoms with Gasteiger partial charge in [-0.15, -0.1) is 0 Å². The number of hydrogen-bond acceptors (Lipinski definition) is 4. The van der Waals surface area contributed by atoms with Crippen LogP contribution in [0.5, 0.6) is 0 Å². The van der Waals surface area contributed by atoms with Gasteiger partial charge in [0, 0.05) is 26.3 Å². The molecule has 0 saturated carbocycles. The van der Waals surface area contributed by atoms with Crippen LogP contribution in [-0.2, 0) is 11.3 Å². The van der Waals surface area contributed by atoms with E-state index in [0.29, 0.717) is 5.92 Å². The van der Waals surface area contributed by atoms with Crippen molar-refractivity contribution < 1.29 is 4.74 Å². The van der Waals surface area contributed by atoms with Crippen LogP contribution in [0.2, 0.25) is 0 Å². The van der Waals surface area contributed by atoms with Gasteiger partial charge in [-0.1, -0.05) is 0 Å². The Kier molecular flexibility index (Phi) is 3.89. The van der Waals surface area contributed by atoms with E-state index >= 15 is 0 Å². The number of nitrogens with zero attached hydrogens (tertiary/aromatic N) is 2. The summed E-state index contributed by atoms with van der Waals surface area (Å²) < 4.78 is 7.29. The van der Waals surface area contributed by atoms with Crippen LogP contribution >= 0.6 is 0 Å². The van der Waals surface area contributed by atoms with Crippen LogP contribution in [0, 0.1) is 12.8 Å². The number of hydrogen-bond donors (Lipinski definition) is 2. The Balaban J connectivity index is 1.97. The molecule has 3 N–H and O–H groups in total. The molecule has 2 heterocycles. The molecule has 0 atom stereocenters. The van der Waals surface area contributed by atoms with Gasteiger partial charge in [-0.2, -0.15) is 5.10 Å². The molecule has 0 bridgehead atoms. The maximum atomic E-state index is 6.02. The minimum absolute atomic E-state index is 0.684. The molecule has 96 valence electrons. The average Bonchev–Trinajstić information content (AvgIpc) is 2.64. The van der Waals surface area contributed by atoms with Gasteiger partial charge in [0.05, 0.1) is 11.4 Å². The third-order valence-corrected chi connectivity index (χ3v) is 3.37. The van der Waals surface area contributed by atoms with Gasteiger partial charge in [0.15, 0.2) is 0 Å². The minimum Gasteiger partial charge on any atom is -0.394 e. The number of nitrogen functional groups attached to an aromatic ring is 1. The maximum absolute atomic E-state index is 6.02. The molecule has 17 heavy (non-hydrogen) atoms. The van der Waals surface area contributed by atoms with E-state index in [-0.39, 0.29) is 0 Å². The number of anilines is 2. The first-order valence-electron chi connectivity index (χ1n) is 6.36. The van der Waals surface area contributed by atoms with E-state index in [1.54, 1.807) is 0 Å². The quantitative estimate of drug-likeness (QED) is 0.837. The fourth-order valence-corrected chi connectivity index (χ4v) is 2.20. The average molecular weight is 238 g/mol. The van der Waals surface area contributed by atoms with Crippen molar-refractivity contribution in [1.82, 2.24) is 9.78 Å². The number of rotatable bonds is 4. The minimum atomic E-state index is 0.684. The van der Waals surface area contributed by atoms with Gasteiger partial charge >= 0.3 is 0 Å². The molecule has 0 aliphatic carbocycles. The van der Waals surface area contributed by atoms with Gasteiger partial charge in [0.25, 0.3) is 0 Å². The van der Waals surface area contributed by atoms with Crippen molar-refractivity contribution in [2.45, 2.75) is 33.2 Å². The normalized spacial score (nSPS) is 17.3. The lowest BCUT2D eigenvalue weighted by Crippen LogP contribution is -2.23. The Labute approximate surface area is 102 Å². The van der Waals surface area contributed by atoms with E-state index in [1.807, 2.05) is 11.6 Å². The number of nitrogens with one attached hydrogen (secondary N) is 1. The predicted octanol–water partition coefficient (Wildman–Crippen LogP) is 1.63. The lowest BCUT2D eigenvalue weighted by molar-refractivity contribution is 0.0699. The molecule has 5 heteroatoms. The summed E-state index contributed by atoms with van der Waals surface area (Å²) in [6.45, 7) is 7.58. The summed E-state index contributed by atoms with van der Waals surface area (Å²) in [7, 11) is 0. The summed E-state index contributed by atoms with van der Waals surface area (Å²) in [5.74, 6) is 1.65. The van der Waals surface area contributed by atoms with Crippen LogP contribution in [0.3, 0.4) is 0 Å². The Morgan fingerprint density at radius 2 is 2.18 bits per heavy atom. The van der Waals surface area contributed by atoms with E-state index < -0.39 is 0 Å². The fraction of sp³-hybridized carbons (Fsp3) is 0.750. The summed E-state index contributed by atoms with van der Waals surface area (Å²) in [5.41, 5.74) is 7.70. The Morgan fingerprint density at radius 1 is 1.47 bits per heavy atom. The van der Waals surface area contributed by atoms with E-state index in [4.69, 9.17) is 10.5 Å². The molecule has 0 unspecified atom stereocenters. The first-order chi connectivity index (χ1) is 8.22. The van der Waals surface area contributed by atoms with Gasteiger partial charge in [0.2, 0.25) is 0 Å². The molecule has 1 fully saturated rings. The van der Waals surface area contributed by atoms with Crippen LogP contribution in [0.4, 0.5) is 11.5 Å². The molecule has 5 nitrogen and oxygen atoms in total. The van der Waals surface area contributed by atoms with E-state index in [0.717, 1.165) is 56.3 Å². The smallest absolute Gasteiger partial charge is 0.148 e. The highest BCUT2D eigenvalue weighted by Gasteiger charge is 2.16. The molecule has 0 amide bonds. The maximum Gasteiger partial charge on any atom is 0.148 e. The molecule has 0 radical (unpaired) electrons. The first kappa shape index (κ1) is 12.2. The van der Waals surface area contributed by atoms with Crippen LogP contribution in [-0.4, -0.2) is 29.5 Å². The second-order valence-electron chi connectivity index (χ2n) is 4.60. The molecule has 1 aromatic rings. The zero-order valence-electron chi connectivity index (χ0n) is 10.7. The largest absolute Gasteiger partial charge is 0.394 e. The van der Waals surface area contributed by atoms with E-state index in [1.165, 1.54) is 0 Å². The molecule has 2 rings (SSSR count). The highest BCUT2D eigenvalue weighted by Crippen LogP contribution is 2.23. The van der Waals surface area contributed by atoms with Crippen molar-refractivity contribution in [3.63, 3.8) is 0 Å². The lowest BCUT2D eigenvalue weighted by atomic mass is 10.0. The summed E-state index contributed by atoms with van der Waals surface area (Å²) in [5, 5.41) is 7.84. The second kappa shape index (κ2) is 5.40. The summed E-state index contributed by atoms with van der Waals surface area (Å²) in [4.78, 5) is 0. The predicted molar refractivity (Wildman–Crippen MR) is 69.1 cm³/mol. The monoisotopic (exact) mass is 238 g/mol. The fourth-order valence-electron chi connectivity index (χ4n) is 2.20. The molecular formula is C12H22N4O. The molecule has 1 aliphatic rings. The molecule has 1 aromatic heterocycles. The van der Waals surface area contributed by atoms with Crippen molar-refractivity contribution in [1.29, 1.82) is 0 Å². The van der Waals surface area contributed by atoms with Crippen molar-refractivity contribution in [3.8, 4) is 0 Å². The topological polar surface area (TPSA) is 65.1 Å². The standard InChI is InChI=1S/C12H22N4O/c1-3-16-12(11(13)9(2)15-16)14-8-10-4-6-17-7-5-10/h10,14H,3-8,13H2,1-2H3. The van der Waals surface area contributed by atoms with Crippen molar-refractivity contribution in [3.05, 3.63) is 5.69 Å². The van der Waals surface area contributed by atoms with Crippen molar-refractivity contribution in [2.24, 2.45) is 5.92 Å². The Bertz CT molecular complexity index is 369. The van der Waals surface area contributed by atoms with Crippen molar-refractivity contribution >= 4 is 11.5 Å². The number of nitrogens with two attached hydrogens (primary N) is 1. The molecular weight excluding hydrogens is 216 g/mol. The first-order valence-corrected chi connectivity index (χ1v) is 6.36. The zero-order valence-corrected chi connectivity index (χ0v) is 10.7. The van der Waals surface area contributed by atoms with E-state index in [2.05, 4.69) is 17.3 Å². The SMILES string of the molecule is CCn1nc(C)c(N)c1NCC1CCOCC1. The third kappa shape index (κ3) is 2.72. The van der Waals surface area contributed by atoms with Crippen LogP contribution in [0.15, 0.2) is 0 Å². The summed E-state index contributed by atoms with van der Waals surface area (Å²) >= 11 is 0. The molecule has 0 aromatic carbocycles. The van der Waals surface area contributed by atoms with Gasteiger partial charge in [-0.05, 0) is 32.6 Å².